The molecule has 6 rings (SSSR count). The standard InChI is InChI=1S/C21H24O7/c1-9-11-4-5-12-19-8-28-21(27,20(12,14(9)23)16(11)25)17(26)13(19)18(2,3)6-10(7-22)15(19)24/h6-7,11-13,16-17,25-27H,1,4-5,8H2,2-3H3/t11-,12-,13+,16+,17-,19-,20-,21+/m0/s1. The monoisotopic (exact) mass is 388 g/mol. The number of fused-ring (bicyclic) bond motifs is 2. The van der Waals surface area contributed by atoms with Gasteiger partial charge >= 0.3 is 0 Å². The summed E-state index contributed by atoms with van der Waals surface area (Å²) in [5, 5.41) is 34.0. The molecule has 7 heteroatoms. The normalized spacial score (nSPS) is 53.5. The number of hydrogen-bond acceptors (Lipinski definition) is 7. The minimum absolute atomic E-state index is 0.0135. The van der Waals surface area contributed by atoms with Crippen molar-refractivity contribution in [1.29, 1.82) is 0 Å². The van der Waals surface area contributed by atoms with Gasteiger partial charge in [-0.15, -0.1) is 0 Å². The van der Waals surface area contributed by atoms with E-state index in [4.69, 9.17) is 4.74 Å². The molecule has 0 aromatic carbocycles. The predicted octanol–water partition coefficient (Wildman–Crippen LogP) is -0.0711. The van der Waals surface area contributed by atoms with Gasteiger partial charge in [0.15, 0.2) is 17.9 Å². The smallest absolute Gasteiger partial charge is 0.208 e. The minimum atomic E-state index is -2.32. The number of rotatable bonds is 1. The molecule has 6 aliphatic rings. The van der Waals surface area contributed by atoms with Crippen LogP contribution in [0.15, 0.2) is 23.8 Å². The van der Waals surface area contributed by atoms with Gasteiger partial charge in [-0.25, -0.2) is 0 Å². The summed E-state index contributed by atoms with van der Waals surface area (Å²) in [6.07, 6.45) is 0.00759. The zero-order valence-corrected chi connectivity index (χ0v) is 15.8. The first kappa shape index (κ1) is 18.4. The van der Waals surface area contributed by atoms with Gasteiger partial charge in [-0.1, -0.05) is 26.5 Å². The molecular formula is C21H24O7. The number of Topliss-reactive ketones (excluding diaryl/α,β-unsaturated/α-hetero) is 2. The average molecular weight is 388 g/mol. The van der Waals surface area contributed by atoms with Crippen LogP contribution in [0.5, 0.6) is 0 Å². The van der Waals surface area contributed by atoms with Gasteiger partial charge in [0.2, 0.25) is 5.79 Å². The maximum absolute atomic E-state index is 13.5. The van der Waals surface area contributed by atoms with Crippen LogP contribution in [0.2, 0.25) is 0 Å². The van der Waals surface area contributed by atoms with Crippen LogP contribution in [-0.4, -0.2) is 57.8 Å². The van der Waals surface area contributed by atoms with Crippen LogP contribution in [0.4, 0.5) is 0 Å². The van der Waals surface area contributed by atoms with Gasteiger partial charge in [-0.05, 0) is 29.7 Å². The molecule has 2 heterocycles. The van der Waals surface area contributed by atoms with E-state index in [1.807, 2.05) is 0 Å². The summed E-state index contributed by atoms with van der Waals surface area (Å²) >= 11 is 0. The third-order valence-corrected chi connectivity index (χ3v) is 8.44. The fourth-order valence-corrected chi connectivity index (χ4v) is 7.58. The van der Waals surface area contributed by atoms with Gasteiger partial charge in [-0.3, -0.25) is 14.4 Å². The number of aliphatic hydroxyl groups excluding tert-OH is 2. The molecule has 3 saturated carbocycles. The first-order valence-electron chi connectivity index (χ1n) is 9.70. The zero-order valence-electron chi connectivity index (χ0n) is 15.8. The summed E-state index contributed by atoms with van der Waals surface area (Å²) in [5.74, 6) is -5.38. The molecule has 150 valence electrons. The SMILES string of the molecule is C=C1C(=O)[C@]23[C@H](O)[C@H]1CC[C@H]2[C@@]12CO[C@]3(O)[C@@H](O)[C@@H]1C(C)(C)C=C(C=O)C2=O. The van der Waals surface area contributed by atoms with Gasteiger partial charge in [0.25, 0.3) is 0 Å². The van der Waals surface area contributed by atoms with E-state index in [1.165, 1.54) is 6.08 Å². The first-order valence-corrected chi connectivity index (χ1v) is 9.70. The third kappa shape index (κ3) is 1.49. The van der Waals surface area contributed by atoms with E-state index in [0.29, 0.717) is 19.1 Å². The Balaban J connectivity index is 1.86. The Morgan fingerprint density at radius 2 is 1.86 bits per heavy atom. The number of carbonyl (C=O) groups is 3. The molecule has 2 spiro atoms. The summed E-state index contributed by atoms with van der Waals surface area (Å²) in [6, 6.07) is 0. The number of allylic oxidation sites excluding steroid dienone is 2. The highest BCUT2D eigenvalue weighted by atomic mass is 16.6. The van der Waals surface area contributed by atoms with Crippen molar-refractivity contribution in [1.82, 2.24) is 0 Å². The van der Waals surface area contributed by atoms with Crippen LogP contribution in [0, 0.1) is 34.0 Å². The Kier molecular flexibility index (Phi) is 3.21. The molecule has 8 atom stereocenters. The fourth-order valence-electron chi connectivity index (χ4n) is 7.58. The minimum Gasteiger partial charge on any atom is -0.391 e. The van der Waals surface area contributed by atoms with E-state index in [1.54, 1.807) is 13.8 Å². The first-order chi connectivity index (χ1) is 13.0. The summed E-state index contributed by atoms with van der Waals surface area (Å²) in [7, 11) is 0. The van der Waals surface area contributed by atoms with Crippen LogP contribution in [0.3, 0.4) is 0 Å². The van der Waals surface area contributed by atoms with Gasteiger partial charge in [-0.2, -0.15) is 0 Å². The highest BCUT2D eigenvalue weighted by Crippen LogP contribution is 2.75. The number of aldehydes is 1. The van der Waals surface area contributed by atoms with Crippen molar-refractivity contribution in [3.63, 3.8) is 0 Å². The molecule has 4 bridgehead atoms. The van der Waals surface area contributed by atoms with E-state index in [9.17, 15) is 29.7 Å². The summed E-state index contributed by atoms with van der Waals surface area (Å²) in [6.45, 7) is 7.21. The Hall–Kier alpha value is -1.67. The second-order valence-electron chi connectivity index (χ2n) is 9.72. The number of carbonyl (C=O) groups excluding carboxylic acids is 3. The number of aliphatic hydroxyl groups is 3. The molecule has 28 heavy (non-hydrogen) atoms. The van der Waals surface area contributed by atoms with Crippen LogP contribution >= 0.6 is 0 Å². The molecule has 0 amide bonds. The van der Waals surface area contributed by atoms with E-state index in [0.717, 1.165) is 0 Å². The highest BCUT2D eigenvalue weighted by molar-refractivity contribution is 6.16. The van der Waals surface area contributed by atoms with Crippen molar-refractivity contribution in [2.75, 3.05) is 6.61 Å². The molecule has 7 nitrogen and oxygen atoms in total. The third-order valence-electron chi connectivity index (χ3n) is 8.44. The Morgan fingerprint density at radius 3 is 2.50 bits per heavy atom. The van der Waals surface area contributed by atoms with E-state index < -0.39 is 63.6 Å². The molecule has 2 aliphatic heterocycles. The molecular weight excluding hydrogens is 364 g/mol. The Bertz CT molecular complexity index is 887. The van der Waals surface area contributed by atoms with Crippen molar-refractivity contribution in [3.05, 3.63) is 23.8 Å². The second-order valence-corrected chi connectivity index (χ2v) is 9.72. The van der Waals surface area contributed by atoms with Crippen molar-refractivity contribution >= 4 is 17.9 Å². The molecule has 0 radical (unpaired) electrons. The molecule has 0 aromatic rings. The van der Waals surface area contributed by atoms with Crippen LogP contribution in [0.1, 0.15) is 26.7 Å². The fraction of sp³-hybridized carbons (Fsp3) is 0.667. The molecule has 2 saturated heterocycles. The molecule has 0 aromatic heterocycles. The van der Waals surface area contributed by atoms with Crippen LogP contribution in [0.25, 0.3) is 0 Å². The lowest BCUT2D eigenvalue weighted by molar-refractivity contribution is -0.433. The van der Waals surface area contributed by atoms with Crippen molar-refractivity contribution < 1.29 is 34.4 Å². The molecule has 5 fully saturated rings. The van der Waals surface area contributed by atoms with Crippen molar-refractivity contribution in [2.45, 2.75) is 44.7 Å². The van der Waals surface area contributed by atoms with Gasteiger partial charge in [0.05, 0.1) is 23.7 Å². The maximum atomic E-state index is 13.5. The molecule has 0 unspecified atom stereocenters. The lowest BCUT2D eigenvalue weighted by Gasteiger charge is -2.72. The highest BCUT2D eigenvalue weighted by Gasteiger charge is 2.87. The lowest BCUT2D eigenvalue weighted by Crippen LogP contribution is -2.85. The Labute approximate surface area is 162 Å². The topological polar surface area (TPSA) is 121 Å². The summed E-state index contributed by atoms with van der Waals surface area (Å²) in [5.41, 5.74) is -3.83. The summed E-state index contributed by atoms with van der Waals surface area (Å²) < 4.78 is 5.69. The zero-order chi connectivity index (χ0) is 20.4. The predicted molar refractivity (Wildman–Crippen MR) is 94.6 cm³/mol. The molecule has 3 N–H and O–H groups in total. The van der Waals surface area contributed by atoms with Gasteiger partial charge < -0.3 is 20.1 Å². The van der Waals surface area contributed by atoms with Gasteiger partial charge in [0.1, 0.15) is 11.5 Å². The molecule has 4 aliphatic carbocycles. The largest absolute Gasteiger partial charge is 0.391 e. The van der Waals surface area contributed by atoms with E-state index >= 15 is 0 Å². The average Bonchev–Trinajstić information content (AvgIpc) is 2.75. The quantitative estimate of drug-likeness (QED) is 0.327. The van der Waals surface area contributed by atoms with E-state index in [2.05, 4.69) is 6.58 Å². The number of hydrogen-bond donors (Lipinski definition) is 3. The van der Waals surface area contributed by atoms with Gasteiger partial charge in [0, 0.05) is 11.8 Å². The lowest BCUT2D eigenvalue weighted by atomic mass is 9.36. The Morgan fingerprint density at radius 1 is 1.18 bits per heavy atom. The van der Waals surface area contributed by atoms with Crippen LogP contribution < -0.4 is 0 Å². The van der Waals surface area contributed by atoms with E-state index in [-0.39, 0.29) is 17.8 Å². The van der Waals surface area contributed by atoms with Crippen molar-refractivity contribution in [2.24, 2.45) is 34.0 Å². The maximum Gasteiger partial charge on any atom is 0.208 e. The summed E-state index contributed by atoms with van der Waals surface area (Å²) in [4.78, 5) is 38.6. The van der Waals surface area contributed by atoms with Crippen LogP contribution in [-0.2, 0) is 19.1 Å². The number of ketones is 2. The second kappa shape index (κ2) is 4.90. The number of ether oxygens (including phenoxy) is 1. The van der Waals surface area contributed by atoms with Crippen molar-refractivity contribution in [3.8, 4) is 0 Å².